The van der Waals surface area contributed by atoms with Crippen LogP contribution in [0.25, 0.3) is 0 Å². The highest BCUT2D eigenvalue weighted by atomic mass is 32.2. The van der Waals surface area contributed by atoms with Crippen LogP contribution in [0.2, 0.25) is 0 Å². The Morgan fingerprint density at radius 1 is 1.00 bits per heavy atom. The van der Waals surface area contributed by atoms with Gasteiger partial charge in [-0.05, 0) is 29.8 Å². The number of carbonyl (C=O) groups is 2. The van der Waals surface area contributed by atoms with Gasteiger partial charge in [-0.2, -0.15) is 9.57 Å². The van der Waals surface area contributed by atoms with E-state index in [9.17, 15) is 18.0 Å². The first-order chi connectivity index (χ1) is 16.3. The van der Waals surface area contributed by atoms with Crippen molar-refractivity contribution in [3.63, 3.8) is 0 Å². The molecular formula is C25H28N4O4S. The van der Waals surface area contributed by atoms with E-state index in [1.807, 2.05) is 0 Å². The third-order valence-corrected chi connectivity index (χ3v) is 7.60. The van der Waals surface area contributed by atoms with Crippen molar-refractivity contribution in [2.45, 2.75) is 24.3 Å². The van der Waals surface area contributed by atoms with E-state index in [2.05, 4.69) is 12.6 Å². The summed E-state index contributed by atoms with van der Waals surface area (Å²) in [6, 6.07) is 17.3. The third-order valence-electron chi connectivity index (χ3n) is 5.68. The van der Waals surface area contributed by atoms with Gasteiger partial charge in [-0.25, -0.2) is 8.42 Å². The van der Waals surface area contributed by atoms with E-state index < -0.39 is 10.0 Å². The summed E-state index contributed by atoms with van der Waals surface area (Å²) in [4.78, 5) is 28.9. The van der Waals surface area contributed by atoms with Crippen LogP contribution in [-0.4, -0.2) is 67.1 Å². The number of rotatable bonds is 9. The summed E-state index contributed by atoms with van der Waals surface area (Å²) in [7, 11) is -3.58. The van der Waals surface area contributed by atoms with Crippen LogP contribution in [0.3, 0.4) is 0 Å². The molecule has 0 saturated carbocycles. The SMILES string of the molecule is C=CCN(Cc1ccc(C#N)cc1)C(=O)CCC(=O)N1CCN(S(=O)(=O)c2ccccc2)CC1. The first-order valence-electron chi connectivity index (χ1n) is 11.1. The van der Waals surface area contributed by atoms with Gasteiger partial charge in [0.05, 0.1) is 16.5 Å². The lowest BCUT2D eigenvalue weighted by Crippen LogP contribution is -2.50. The van der Waals surface area contributed by atoms with Gasteiger partial charge in [-0.1, -0.05) is 36.4 Å². The summed E-state index contributed by atoms with van der Waals surface area (Å²) in [6.45, 7) is 5.44. The van der Waals surface area contributed by atoms with Gasteiger partial charge in [0, 0.05) is 52.1 Å². The van der Waals surface area contributed by atoms with Gasteiger partial charge >= 0.3 is 0 Å². The van der Waals surface area contributed by atoms with E-state index in [1.165, 1.54) is 4.31 Å². The molecule has 0 atom stereocenters. The normalized spacial score (nSPS) is 14.3. The number of piperazine rings is 1. The minimum absolute atomic E-state index is 0.0608. The largest absolute Gasteiger partial charge is 0.340 e. The van der Waals surface area contributed by atoms with Crippen LogP contribution in [0.4, 0.5) is 0 Å². The number of benzene rings is 2. The first kappa shape index (κ1) is 25.1. The number of hydrogen-bond donors (Lipinski definition) is 0. The van der Waals surface area contributed by atoms with Gasteiger partial charge in [0.25, 0.3) is 0 Å². The van der Waals surface area contributed by atoms with Crippen LogP contribution in [0.15, 0.2) is 72.1 Å². The Labute approximate surface area is 200 Å². The fourth-order valence-electron chi connectivity index (χ4n) is 3.76. The summed E-state index contributed by atoms with van der Waals surface area (Å²) in [5.74, 6) is -0.329. The molecule has 0 radical (unpaired) electrons. The number of nitrogens with zero attached hydrogens (tertiary/aromatic N) is 4. The highest BCUT2D eigenvalue weighted by Gasteiger charge is 2.30. The molecule has 9 heteroatoms. The molecule has 1 fully saturated rings. The Hall–Kier alpha value is -3.48. The van der Waals surface area contributed by atoms with Crippen LogP contribution in [0.5, 0.6) is 0 Å². The summed E-state index contributed by atoms with van der Waals surface area (Å²) >= 11 is 0. The van der Waals surface area contributed by atoms with E-state index in [-0.39, 0.29) is 42.6 Å². The van der Waals surface area contributed by atoms with E-state index in [0.29, 0.717) is 31.7 Å². The molecule has 3 rings (SSSR count). The Morgan fingerprint density at radius 2 is 1.65 bits per heavy atom. The Balaban J connectivity index is 1.51. The monoisotopic (exact) mass is 480 g/mol. The van der Waals surface area contributed by atoms with Gasteiger partial charge in [0.2, 0.25) is 21.8 Å². The van der Waals surface area contributed by atoms with Crippen LogP contribution < -0.4 is 0 Å². The van der Waals surface area contributed by atoms with Gasteiger partial charge in [-0.3, -0.25) is 9.59 Å². The fourth-order valence-corrected chi connectivity index (χ4v) is 5.21. The van der Waals surface area contributed by atoms with Crippen molar-refractivity contribution in [3.05, 3.63) is 78.4 Å². The quantitative estimate of drug-likeness (QED) is 0.513. The lowest BCUT2D eigenvalue weighted by Gasteiger charge is -2.34. The number of nitriles is 1. The molecule has 0 bridgehead atoms. The molecule has 1 aliphatic rings. The second-order valence-corrected chi connectivity index (χ2v) is 9.91. The van der Waals surface area contributed by atoms with Gasteiger partial charge < -0.3 is 9.80 Å². The van der Waals surface area contributed by atoms with Gasteiger partial charge in [-0.15, -0.1) is 6.58 Å². The zero-order valence-corrected chi connectivity index (χ0v) is 19.8. The molecular weight excluding hydrogens is 452 g/mol. The molecule has 2 amide bonds. The van der Waals surface area contributed by atoms with Crippen LogP contribution in [0.1, 0.15) is 24.0 Å². The molecule has 1 saturated heterocycles. The molecule has 178 valence electrons. The van der Waals surface area contributed by atoms with Crippen molar-refractivity contribution in [1.82, 2.24) is 14.1 Å². The van der Waals surface area contributed by atoms with Crippen molar-refractivity contribution in [2.24, 2.45) is 0 Å². The number of carbonyl (C=O) groups excluding carboxylic acids is 2. The topological polar surface area (TPSA) is 102 Å². The molecule has 1 heterocycles. The highest BCUT2D eigenvalue weighted by Crippen LogP contribution is 2.18. The van der Waals surface area contributed by atoms with Crippen molar-refractivity contribution in [1.29, 1.82) is 5.26 Å². The molecule has 0 spiro atoms. The molecule has 34 heavy (non-hydrogen) atoms. The maximum Gasteiger partial charge on any atom is 0.243 e. The zero-order valence-electron chi connectivity index (χ0n) is 19.0. The predicted molar refractivity (Wildman–Crippen MR) is 128 cm³/mol. The minimum Gasteiger partial charge on any atom is -0.340 e. The maximum atomic E-state index is 12.8. The second kappa shape index (κ2) is 11.6. The summed E-state index contributed by atoms with van der Waals surface area (Å²) in [5.41, 5.74) is 1.43. The Morgan fingerprint density at radius 3 is 2.24 bits per heavy atom. The van der Waals surface area contributed by atoms with Crippen molar-refractivity contribution < 1.29 is 18.0 Å². The van der Waals surface area contributed by atoms with Crippen molar-refractivity contribution >= 4 is 21.8 Å². The first-order valence-corrected chi connectivity index (χ1v) is 12.5. The molecule has 8 nitrogen and oxygen atoms in total. The molecule has 0 aromatic heterocycles. The molecule has 0 N–H and O–H groups in total. The average Bonchev–Trinajstić information content (AvgIpc) is 2.87. The summed E-state index contributed by atoms with van der Waals surface area (Å²) < 4.78 is 26.9. The molecule has 2 aromatic rings. The smallest absolute Gasteiger partial charge is 0.243 e. The Kier molecular flexibility index (Phi) is 8.57. The zero-order chi connectivity index (χ0) is 24.6. The van der Waals surface area contributed by atoms with Crippen molar-refractivity contribution in [3.8, 4) is 6.07 Å². The minimum atomic E-state index is -3.58. The lowest BCUT2D eigenvalue weighted by molar-refractivity contribution is -0.137. The summed E-state index contributed by atoms with van der Waals surface area (Å²) in [6.07, 6.45) is 1.76. The van der Waals surface area contributed by atoms with E-state index >= 15 is 0 Å². The number of amides is 2. The van der Waals surface area contributed by atoms with E-state index in [0.717, 1.165) is 5.56 Å². The summed E-state index contributed by atoms with van der Waals surface area (Å²) in [5, 5.41) is 8.92. The highest BCUT2D eigenvalue weighted by molar-refractivity contribution is 7.89. The predicted octanol–water partition coefficient (Wildman–Crippen LogP) is 2.39. The maximum absolute atomic E-state index is 12.8. The molecule has 1 aliphatic heterocycles. The standard InChI is InChI=1S/C25H28N4O4S/c1-2-14-28(20-22-10-8-21(19-26)9-11-22)25(31)13-12-24(30)27-15-17-29(18-16-27)34(32,33)23-6-4-3-5-7-23/h2-11H,1,12-18,20H2. The number of hydrogen-bond acceptors (Lipinski definition) is 5. The van der Waals surface area contributed by atoms with Crippen LogP contribution in [-0.2, 0) is 26.2 Å². The molecule has 0 unspecified atom stereocenters. The number of sulfonamides is 1. The van der Waals surface area contributed by atoms with Crippen LogP contribution >= 0.6 is 0 Å². The Bertz CT molecular complexity index is 1150. The average molecular weight is 481 g/mol. The van der Waals surface area contributed by atoms with E-state index in [4.69, 9.17) is 5.26 Å². The third kappa shape index (κ3) is 6.31. The second-order valence-electron chi connectivity index (χ2n) is 7.97. The van der Waals surface area contributed by atoms with Crippen molar-refractivity contribution in [2.75, 3.05) is 32.7 Å². The van der Waals surface area contributed by atoms with Crippen LogP contribution in [0, 0.1) is 11.3 Å². The van der Waals surface area contributed by atoms with Gasteiger partial charge in [0.15, 0.2) is 0 Å². The molecule has 2 aromatic carbocycles. The molecule has 0 aliphatic carbocycles. The fraction of sp³-hybridized carbons (Fsp3) is 0.320. The van der Waals surface area contributed by atoms with E-state index in [1.54, 1.807) is 70.5 Å². The lowest BCUT2D eigenvalue weighted by atomic mass is 10.1. The van der Waals surface area contributed by atoms with Gasteiger partial charge in [0.1, 0.15) is 0 Å².